The highest BCUT2D eigenvalue weighted by molar-refractivity contribution is 5.81. The minimum absolute atomic E-state index is 0.0988. The van der Waals surface area contributed by atoms with E-state index < -0.39 is 0 Å². The predicted molar refractivity (Wildman–Crippen MR) is 111 cm³/mol. The predicted octanol–water partition coefficient (Wildman–Crippen LogP) is 3.64. The molecule has 3 aromatic rings. The third-order valence-electron chi connectivity index (χ3n) is 5.24. The van der Waals surface area contributed by atoms with Gasteiger partial charge in [0.2, 0.25) is 5.91 Å². The van der Waals surface area contributed by atoms with Crippen LogP contribution in [0.4, 0.5) is 0 Å². The molecule has 0 saturated heterocycles. The molecule has 5 heteroatoms. The van der Waals surface area contributed by atoms with Crippen LogP contribution in [0.15, 0.2) is 66.9 Å². The molecule has 0 spiro atoms. The zero-order valence-electron chi connectivity index (χ0n) is 16.4. The summed E-state index contributed by atoms with van der Waals surface area (Å²) in [6.07, 6.45) is 4.27. The highest BCUT2D eigenvalue weighted by atomic mass is 16.2. The zero-order valence-corrected chi connectivity index (χ0v) is 16.4. The van der Waals surface area contributed by atoms with Crippen molar-refractivity contribution in [2.45, 2.75) is 38.4 Å². The molecule has 0 radical (unpaired) electrons. The summed E-state index contributed by atoms with van der Waals surface area (Å²) in [5.41, 5.74) is 4.15. The molecule has 1 N–H and O–H groups in total. The van der Waals surface area contributed by atoms with Gasteiger partial charge in [-0.1, -0.05) is 48.5 Å². The molecule has 1 aliphatic rings. The molecule has 1 fully saturated rings. The second kappa shape index (κ2) is 7.98. The molecule has 1 aliphatic carbocycles. The van der Waals surface area contributed by atoms with E-state index in [0.717, 1.165) is 35.3 Å². The fraction of sp³-hybridized carbons (Fsp3) is 0.304. The van der Waals surface area contributed by atoms with Gasteiger partial charge in [0.1, 0.15) is 0 Å². The average molecular weight is 374 g/mol. The number of hydrogen-bond acceptors (Lipinski definition) is 3. The van der Waals surface area contributed by atoms with Gasteiger partial charge in [0.05, 0.1) is 17.4 Å². The Kier molecular flexibility index (Phi) is 5.26. The molecular formula is C23H26N4O. The molecule has 0 bridgehead atoms. The molecule has 1 aromatic heterocycles. The molecule has 1 atom stereocenters. The lowest BCUT2D eigenvalue weighted by Crippen LogP contribution is -2.43. The van der Waals surface area contributed by atoms with Gasteiger partial charge in [-0.25, -0.2) is 4.68 Å². The Hall–Kier alpha value is -2.92. The maximum atomic E-state index is 12.4. The minimum Gasteiger partial charge on any atom is -0.352 e. The average Bonchev–Trinajstić information content (AvgIpc) is 3.45. The summed E-state index contributed by atoms with van der Waals surface area (Å²) in [6.45, 7) is 2.61. The Labute approximate surface area is 166 Å². The Morgan fingerprint density at radius 3 is 2.43 bits per heavy atom. The molecule has 2 aromatic carbocycles. The van der Waals surface area contributed by atoms with Gasteiger partial charge in [0, 0.05) is 29.9 Å². The van der Waals surface area contributed by atoms with Crippen LogP contribution < -0.4 is 5.32 Å². The highest BCUT2D eigenvalue weighted by Gasteiger charge is 2.27. The lowest BCUT2D eigenvalue weighted by atomic mass is 10.1. The monoisotopic (exact) mass is 374 g/mol. The number of para-hydroxylation sites is 1. The molecule has 1 amide bonds. The molecule has 1 heterocycles. The first-order valence-electron chi connectivity index (χ1n) is 9.82. The third-order valence-corrected chi connectivity index (χ3v) is 5.24. The van der Waals surface area contributed by atoms with E-state index >= 15 is 0 Å². The van der Waals surface area contributed by atoms with Crippen molar-refractivity contribution in [3.8, 4) is 16.9 Å². The van der Waals surface area contributed by atoms with E-state index in [2.05, 4.69) is 28.5 Å². The molecule has 144 valence electrons. The number of amides is 1. The van der Waals surface area contributed by atoms with Crippen molar-refractivity contribution in [3.05, 3.63) is 72.4 Å². The highest BCUT2D eigenvalue weighted by Crippen LogP contribution is 2.25. The number of hydrogen-bond donors (Lipinski definition) is 1. The van der Waals surface area contributed by atoms with Gasteiger partial charge >= 0.3 is 0 Å². The lowest BCUT2D eigenvalue weighted by molar-refractivity contribution is -0.125. The smallest absolute Gasteiger partial charge is 0.237 e. The van der Waals surface area contributed by atoms with E-state index in [1.807, 2.05) is 67.2 Å². The number of nitrogens with zero attached hydrogens (tertiary/aromatic N) is 3. The van der Waals surface area contributed by atoms with Crippen molar-refractivity contribution < 1.29 is 4.79 Å². The van der Waals surface area contributed by atoms with E-state index in [1.165, 1.54) is 0 Å². The first kappa shape index (κ1) is 18.4. The summed E-state index contributed by atoms with van der Waals surface area (Å²) < 4.78 is 1.92. The van der Waals surface area contributed by atoms with Crippen molar-refractivity contribution >= 4 is 5.91 Å². The normalized spacial score (nSPS) is 14.8. The van der Waals surface area contributed by atoms with E-state index in [1.54, 1.807) is 0 Å². The van der Waals surface area contributed by atoms with Crippen LogP contribution in [-0.4, -0.2) is 39.7 Å². The van der Waals surface area contributed by atoms with Gasteiger partial charge in [0.15, 0.2) is 0 Å². The Morgan fingerprint density at radius 1 is 1.14 bits per heavy atom. The number of benzene rings is 2. The first-order valence-corrected chi connectivity index (χ1v) is 9.82. The van der Waals surface area contributed by atoms with Gasteiger partial charge in [0.25, 0.3) is 0 Å². The van der Waals surface area contributed by atoms with Gasteiger partial charge in [-0.05, 0) is 38.9 Å². The standard InChI is InChI=1S/C23H26N4O/c1-17(23(28)24-20-13-14-20)26(2)15-19-16-27(21-11-7-4-8-12-21)25-22(19)18-9-5-3-6-10-18/h3-12,16-17,20H,13-15H2,1-2H3,(H,24,28)/t17-/m1/s1. The Morgan fingerprint density at radius 2 is 1.79 bits per heavy atom. The van der Waals surface area contributed by atoms with Crippen LogP contribution in [0.25, 0.3) is 16.9 Å². The second-order valence-electron chi connectivity index (χ2n) is 7.52. The van der Waals surface area contributed by atoms with Crippen molar-refractivity contribution in [1.82, 2.24) is 20.0 Å². The maximum Gasteiger partial charge on any atom is 0.237 e. The quantitative estimate of drug-likeness (QED) is 0.687. The van der Waals surface area contributed by atoms with E-state index in [9.17, 15) is 4.79 Å². The second-order valence-corrected chi connectivity index (χ2v) is 7.52. The van der Waals surface area contributed by atoms with Crippen molar-refractivity contribution in [2.24, 2.45) is 0 Å². The summed E-state index contributed by atoms with van der Waals surface area (Å²) in [5.74, 6) is 0.0988. The summed E-state index contributed by atoms with van der Waals surface area (Å²) >= 11 is 0. The van der Waals surface area contributed by atoms with Crippen LogP contribution >= 0.6 is 0 Å². The van der Waals surface area contributed by atoms with E-state index in [-0.39, 0.29) is 11.9 Å². The topological polar surface area (TPSA) is 50.2 Å². The van der Waals surface area contributed by atoms with Gasteiger partial charge in [-0.3, -0.25) is 9.69 Å². The first-order chi connectivity index (χ1) is 13.6. The fourth-order valence-corrected chi connectivity index (χ4v) is 3.23. The number of nitrogens with one attached hydrogen (secondary N) is 1. The van der Waals surface area contributed by atoms with Crippen molar-refractivity contribution in [3.63, 3.8) is 0 Å². The number of likely N-dealkylation sites (N-methyl/N-ethyl adjacent to an activating group) is 1. The van der Waals surface area contributed by atoms with Crippen LogP contribution in [0.1, 0.15) is 25.3 Å². The molecule has 5 nitrogen and oxygen atoms in total. The molecule has 0 unspecified atom stereocenters. The largest absolute Gasteiger partial charge is 0.352 e. The number of rotatable bonds is 7. The maximum absolute atomic E-state index is 12.4. The molecule has 4 rings (SSSR count). The SMILES string of the molecule is C[C@H](C(=O)NC1CC1)N(C)Cc1cn(-c2ccccc2)nc1-c1ccccc1. The van der Waals surface area contributed by atoms with Crippen molar-refractivity contribution in [2.75, 3.05) is 7.05 Å². The van der Waals surface area contributed by atoms with Gasteiger partial charge in [-0.15, -0.1) is 0 Å². The van der Waals surface area contributed by atoms with Crippen LogP contribution in [0.5, 0.6) is 0 Å². The van der Waals surface area contributed by atoms with Gasteiger partial charge in [-0.2, -0.15) is 5.10 Å². The van der Waals surface area contributed by atoms with E-state index in [0.29, 0.717) is 12.6 Å². The van der Waals surface area contributed by atoms with E-state index in [4.69, 9.17) is 5.10 Å². The summed E-state index contributed by atoms with van der Waals surface area (Å²) in [5, 5.41) is 7.95. The van der Waals surface area contributed by atoms with Crippen LogP contribution in [0.3, 0.4) is 0 Å². The van der Waals surface area contributed by atoms with Gasteiger partial charge < -0.3 is 5.32 Å². The number of carbonyl (C=O) groups is 1. The third kappa shape index (κ3) is 4.15. The molecule has 0 aliphatic heterocycles. The lowest BCUT2D eigenvalue weighted by Gasteiger charge is -2.23. The molecular weight excluding hydrogens is 348 g/mol. The fourth-order valence-electron chi connectivity index (χ4n) is 3.23. The number of carbonyl (C=O) groups excluding carboxylic acids is 1. The summed E-state index contributed by atoms with van der Waals surface area (Å²) in [4.78, 5) is 14.5. The summed E-state index contributed by atoms with van der Waals surface area (Å²) in [7, 11) is 1.99. The van der Waals surface area contributed by atoms with Crippen LogP contribution in [0, 0.1) is 0 Å². The minimum atomic E-state index is -0.190. The molecule has 28 heavy (non-hydrogen) atoms. The Bertz CT molecular complexity index is 932. The number of aromatic nitrogens is 2. The zero-order chi connectivity index (χ0) is 19.5. The Balaban J connectivity index is 1.61. The van der Waals surface area contributed by atoms with Crippen LogP contribution in [0.2, 0.25) is 0 Å². The summed E-state index contributed by atoms with van der Waals surface area (Å²) in [6, 6.07) is 20.5. The van der Waals surface area contributed by atoms with Crippen LogP contribution in [-0.2, 0) is 11.3 Å². The van der Waals surface area contributed by atoms with Crippen molar-refractivity contribution in [1.29, 1.82) is 0 Å². The molecule has 1 saturated carbocycles.